The van der Waals surface area contributed by atoms with Gasteiger partial charge in [-0.05, 0) is 99.3 Å². The number of hydrogen-bond donors (Lipinski definition) is 0. The van der Waals surface area contributed by atoms with Gasteiger partial charge in [0.05, 0.1) is 30.8 Å². The van der Waals surface area contributed by atoms with Gasteiger partial charge in [0.1, 0.15) is 22.7 Å². The van der Waals surface area contributed by atoms with E-state index in [0.29, 0.717) is 0 Å². The highest BCUT2D eigenvalue weighted by Crippen LogP contribution is 2.46. The first-order chi connectivity index (χ1) is 20.3. The van der Waals surface area contributed by atoms with Crippen LogP contribution in [0.5, 0.6) is 11.5 Å². The van der Waals surface area contributed by atoms with Crippen molar-refractivity contribution in [3.05, 3.63) is 90.5 Å². The molecule has 0 spiro atoms. The van der Waals surface area contributed by atoms with Gasteiger partial charge in [-0.2, -0.15) is 0 Å². The molecular formula is C38H29NO3. The van der Waals surface area contributed by atoms with Crippen molar-refractivity contribution in [3.63, 3.8) is 0 Å². The Labute approximate surface area is 242 Å². The van der Waals surface area contributed by atoms with Crippen molar-refractivity contribution < 1.29 is 13.9 Å². The molecule has 4 nitrogen and oxygen atoms in total. The Hall–Kier alpha value is -4.96. The van der Waals surface area contributed by atoms with Gasteiger partial charge in [0.2, 0.25) is 0 Å². The largest absolute Gasteiger partial charge is 0.497 e. The minimum atomic E-state index is 0.0495. The molecule has 9 aromatic rings. The van der Waals surface area contributed by atoms with E-state index in [9.17, 15) is 0 Å². The molecule has 0 atom stereocenters. The van der Waals surface area contributed by atoms with Gasteiger partial charge in [-0.15, -0.1) is 0 Å². The molecule has 3 aromatic heterocycles. The predicted molar refractivity (Wildman–Crippen MR) is 175 cm³/mol. The van der Waals surface area contributed by atoms with Crippen LogP contribution in [0, 0.1) is 0 Å². The van der Waals surface area contributed by atoms with Gasteiger partial charge in [0, 0.05) is 38.4 Å². The van der Waals surface area contributed by atoms with Gasteiger partial charge in [0.25, 0.3) is 0 Å². The quantitative estimate of drug-likeness (QED) is 0.216. The Kier molecular flexibility index (Phi) is 4.44. The molecule has 0 fully saturated rings. The van der Waals surface area contributed by atoms with Crippen molar-refractivity contribution in [1.29, 1.82) is 0 Å². The number of aromatic nitrogens is 1. The Balaban J connectivity index is 1.46. The van der Waals surface area contributed by atoms with Crippen LogP contribution in [0.4, 0.5) is 0 Å². The number of furan rings is 1. The summed E-state index contributed by atoms with van der Waals surface area (Å²) in [6.07, 6.45) is 0. The third kappa shape index (κ3) is 3.02. The van der Waals surface area contributed by atoms with Crippen LogP contribution in [0.1, 0.15) is 26.3 Å². The minimum absolute atomic E-state index is 0.0495. The Morgan fingerprint density at radius 1 is 0.548 bits per heavy atom. The van der Waals surface area contributed by atoms with Gasteiger partial charge in [-0.1, -0.05) is 32.9 Å². The van der Waals surface area contributed by atoms with Gasteiger partial charge in [0.15, 0.2) is 0 Å². The second-order valence-electron chi connectivity index (χ2n) is 12.6. The third-order valence-corrected chi connectivity index (χ3v) is 9.20. The Bertz CT molecular complexity index is 2580. The lowest BCUT2D eigenvalue weighted by molar-refractivity contribution is 0.414. The fraction of sp³-hybridized carbons (Fsp3) is 0.158. The van der Waals surface area contributed by atoms with Gasteiger partial charge in [-0.25, -0.2) is 0 Å². The summed E-state index contributed by atoms with van der Waals surface area (Å²) in [6.45, 7) is 6.84. The van der Waals surface area contributed by atoms with Gasteiger partial charge < -0.3 is 18.3 Å². The molecule has 0 unspecified atom stereocenters. The van der Waals surface area contributed by atoms with E-state index >= 15 is 0 Å². The summed E-state index contributed by atoms with van der Waals surface area (Å²) in [7, 11) is 3.42. The first kappa shape index (κ1) is 23.7. The smallest absolute Gasteiger partial charge is 0.139 e. The minimum Gasteiger partial charge on any atom is -0.497 e. The number of nitrogens with zero attached hydrogens (tertiary/aromatic N) is 1. The number of benzene rings is 6. The molecule has 4 heteroatoms. The summed E-state index contributed by atoms with van der Waals surface area (Å²) >= 11 is 0. The summed E-state index contributed by atoms with van der Waals surface area (Å²) in [5.74, 6) is 1.67. The molecule has 204 valence electrons. The Morgan fingerprint density at radius 3 is 2.07 bits per heavy atom. The summed E-state index contributed by atoms with van der Waals surface area (Å²) in [6, 6.07) is 31.0. The second-order valence-corrected chi connectivity index (χ2v) is 12.6. The highest BCUT2D eigenvalue weighted by Gasteiger charge is 2.23. The molecule has 0 saturated heterocycles. The van der Waals surface area contributed by atoms with Crippen LogP contribution < -0.4 is 9.47 Å². The number of rotatable bonds is 2. The lowest BCUT2D eigenvalue weighted by Gasteiger charge is -2.19. The predicted octanol–water partition coefficient (Wildman–Crippen LogP) is 10.4. The van der Waals surface area contributed by atoms with E-state index < -0.39 is 0 Å². The molecule has 0 radical (unpaired) electrons. The van der Waals surface area contributed by atoms with Crippen molar-refractivity contribution >= 4 is 81.6 Å². The van der Waals surface area contributed by atoms with E-state index in [4.69, 9.17) is 13.9 Å². The number of hydrogen-bond acceptors (Lipinski definition) is 3. The van der Waals surface area contributed by atoms with Crippen molar-refractivity contribution in [3.8, 4) is 11.5 Å². The van der Waals surface area contributed by atoms with Gasteiger partial charge in [-0.3, -0.25) is 0 Å². The monoisotopic (exact) mass is 547 g/mol. The van der Waals surface area contributed by atoms with Crippen LogP contribution in [0.3, 0.4) is 0 Å². The van der Waals surface area contributed by atoms with Crippen LogP contribution >= 0.6 is 0 Å². The molecule has 0 amide bonds. The van der Waals surface area contributed by atoms with Crippen LogP contribution in [-0.4, -0.2) is 18.6 Å². The van der Waals surface area contributed by atoms with Crippen molar-refractivity contribution in [1.82, 2.24) is 4.40 Å². The number of fused-ring (bicyclic) bond motifs is 12. The van der Waals surface area contributed by atoms with Gasteiger partial charge >= 0.3 is 0 Å². The molecule has 3 heterocycles. The topological polar surface area (TPSA) is 36.0 Å². The van der Waals surface area contributed by atoms with E-state index in [1.807, 2.05) is 12.1 Å². The number of ether oxygens (including phenoxy) is 2. The first-order valence-electron chi connectivity index (χ1n) is 14.4. The van der Waals surface area contributed by atoms with Crippen LogP contribution in [0.15, 0.2) is 89.3 Å². The van der Waals surface area contributed by atoms with Crippen LogP contribution in [0.2, 0.25) is 0 Å². The Morgan fingerprint density at radius 2 is 1.26 bits per heavy atom. The zero-order valence-corrected chi connectivity index (χ0v) is 24.3. The van der Waals surface area contributed by atoms with E-state index in [1.54, 1.807) is 14.2 Å². The number of methoxy groups -OCH3 is 2. The standard InChI is InChI=1S/C38H29NO3/c1-38(2,3)23-7-11-32-31(17-23)36-27-18-24(40-4)8-6-20(27)12-30-28-13-21-14-29-26-10-9-25(41-5)19-35(26)42-34(29)16-22(21)15-33(28)39(32)37(30)36/h6-19H,1-5H3. The summed E-state index contributed by atoms with van der Waals surface area (Å²) < 4.78 is 19.9. The highest BCUT2D eigenvalue weighted by atomic mass is 16.5. The lowest BCUT2D eigenvalue weighted by Crippen LogP contribution is -2.10. The van der Waals surface area contributed by atoms with Crippen LogP contribution in [0.25, 0.3) is 81.6 Å². The maximum absolute atomic E-state index is 6.32. The van der Waals surface area contributed by atoms with E-state index in [1.165, 1.54) is 59.8 Å². The van der Waals surface area contributed by atoms with Crippen molar-refractivity contribution in [2.24, 2.45) is 0 Å². The molecule has 9 rings (SSSR count). The maximum atomic E-state index is 6.32. The van der Waals surface area contributed by atoms with Crippen molar-refractivity contribution in [2.45, 2.75) is 26.2 Å². The van der Waals surface area contributed by atoms with E-state index in [2.05, 4.69) is 98.0 Å². The maximum Gasteiger partial charge on any atom is 0.139 e. The summed E-state index contributed by atoms with van der Waals surface area (Å²) in [5, 5.41) is 12.1. The average Bonchev–Trinajstić information content (AvgIpc) is 3.62. The lowest BCUT2D eigenvalue weighted by atomic mass is 9.86. The molecule has 6 aromatic carbocycles. The summed E-state index contributed by atoms with van der Waals surface area (Å²) in [4.78, 5) is 0. The SMILES string of the molecule is COc1ccc2c(c1)oc1cc3cc4c(cc3cc12)c1cc2ccc(OC)cc2c2c3cc(C(C)(C)C)ccc3n4c12. The summed E-state index contributed by atoms with van der Waals surface area (Å²) in [5.41, 5.74) is 6.81. The average molecular weight is 548 g/mol. The molecule has 0 aliphatic carbocycles. The van der Waals surface area contributed by atoms with E-state index in [-0.39, 0.29) is 5.41 Å². The molecule has 0 aliphatic rings. The first-order valence-corrected chi connectivity index (χ1v) is 14.4. The van der Waals surface area contributed by atoms with Crippen molar-refractivity contribution in [2.75, 3.05) is 14.2 Å². The van der Waals surface area contributed by atoms with Crippen LogP contribution in [-0.2, 0) is 5.41 Å². The second kappa shape index (κ2) is 7.86. The molecule has 0 N–H and O–H groups in total. The zero-order chi connectivity index (χ0) is 28.5. The van der Waals surface area contributed by atoms with E-state index in [0.717, 1.165) is 38.8 Å². The highest BCUT2D eigenvalue weighted by molar-refractivity contribution is 6.32. The molecule has 42 heavy (non-hydrogen) atoms. The molecular weight excluding hydrogens is 518 g/mol. The molecule has 0 aliphatic heterocycles. The normalized spacial score (nSPS) is 12.9. The fourth-order valence-electron chi connectivity index (χ4n) is 7.04. The molecule has 0 bridgehead atoms. The molecule has 0 saturated carbocycles. The fourth-order valence-corrected chi connectivity index (χ4v) is 7.04. The third-order valence-electron chi connectivity index (χ3n) is 9.20. The zero-order valence-electron chi connectivity index (χ0n) is 24.3.